The van der Waals surface area contributed by atoms with Gasteiger partial charge in [-0.25, -0.2) is 4.39 Å². The molecule has 0 radical (unpaired) electrons. The van der Waals surface area contributed by atoms with Crippen LogP contribution in [-0.2, 0) is 16.0 Å². The molecule has 1 N–H and O–H groups in total. The third-order valence-corrected chi connectivity index (χ3v) is 4.31. The van der Waals surface area contributed by atoms with Crippen LogP contribution < -0.4 is 0 Å². The number of aliphatic hydroxyl groups is 1. The van der Waals surface area contributed by atoms with E-state index in [1.807, 2.05) is 34.6 Å². The van der Waals surface area contributed by atoms with E-state index in [4.69, 9.17) is 4.74 Å². The largest absolute Gasteiger partial charge is 0.433 e. The molecule has 4 heteroatoms. The molecule has 0 amide bonds. The summed E-state index contributed by atoms with van der Waals surface area (Å²) in [6.45, 7) is 9.82. The molecule has 128 valence electrons. The Kier molecular flexibility index (Phi) is 4.86. The number of hydrogen-bond acceptors (Lipinski definition) is 3. The van der Waals surface area contributed by atoms with Gasteiger partial charge in [0.25, 0.3) is 0 Å². The maximum atomic E-state index is 13.5. The molecule has 23 heavy (non-hydrogen) atoms. The van der Waals surface area contributed by atoms with E-state index in [0.717, 1.165) is 11.1 Å². The average molecular weight is 322 g/mol. The molecule has 3 nitrogen and oxygen atoms in total. The van der Waals surface area contributed by atoms with Crippen molar-refractivity contribution in [1.29, 1.82) is 0 Å². The lowest BCUT2D eigenvalue weighted by molar-refractivity contribution is -0.230. The molecule has 0 aliphatic heterocycles. The first-order chi connectivity index (χ1) is 10.5. The van der Waals surface area contributed by atoms with Gasteiger partial charge in [-0.3, -0.25) is 4.79 Å². The van der Waals surface area contributed by atoms with E-state index >= 15 is 0 Å². The number of carbonyl (C=O) groups excluding carboxylic acids is 1. The molecule has 2 rings (SSSR count). The minimum absolute atomic E-state index is 0.0620. The summed E-state index contributed by atoms with van der Waals surface area (Å²) in [4.78, 5) is 12.2. The second-order valence-electron chi connectivity index (χ2n) is 8.12. The van der Waals surface area contributed by atoms with Gasteiger partial charge in [0, 0.05) is 6.42 Å². The normalized spacial score (nSPS) is 24.4. The molecule has 1 aromatic rings. The molecule has 0 fully saturated rings. The molecule has 1 aromatic carbocycles. The lowest BCUT2D eigenvalue weighted by Gasteiger charge is -2.42. The minimum atomic E-state index is -1.53. The van der Waals surface area contributed by atoms with Crippen molar-refractivity contribution in [2.45, 2.75) is 65.6 Å². The maximum Gasteiger partial charge on any atom is 0.308 e. The van der Waals surface area contributed by atoms with Crippen molar-refractivity contribution >= 4 is 5.97 Å². The van der Waals surface area contributed by atoms with Crippen LogP contribution in [-0.4, -0.2) is 16.9 Å². The standard InChI is InChI=1S/C19H27FO3/c1-12(2)17-15-7-6-14(20)10-13(15)8-9-19(17,22)23-16(21)11-18(3,4)5/h6-7,10,12,17,22H,8-9,11H2,1-5H3. The van der Waals surface area contributed by atoms with Gasteiger partial charge in [-0.1, -0.05) is 40.7 Å². The summed E-state index contributed by atoms with van der Waals surface area (Å²) in [6, 6.07) is 4.62. The number of benzene rings is 1. The Balaban J connectivity index is 2.31. The van der Waals surface area contributed by atoms with Crippen molar-refractivity contribution in [2.24, 2.45) is 11.3 Å². The van der Waals surface area contributed by atoms with Crippen molar-refractivity contribution in [3.05, 3.63) is 35.1 Å². The lowest BCUT2D eigenvalue weighted by Crippen LogP contribution is -2.47. The average Bonchev–Trinajstić information content (AvgIpc) is 2.35. The third-order valence-electron chi connectivity index (χ3n) is 4.31. The summed E-state index contributed by atoms with van der Waals surface area (Å²) < 4.78 is 19.0. The highest BCUT2D eigenvalue weighted by Gasteiger charge is 2.46. The molecule has 1 aliphatic rings. The van der Waals surface area contributed by atoms with Crippen LogP contribution in [0.2, 0.25) is 0 Å². The summed E-state index contributed by atoms with van der Waals surface area (Å²) >= 11 is 0. The first kappa shape index (κ1) is 17.9. The molecule has 1 aliphatic carbocycles. The summed E-state index contributed by atoms with van der Waals surface area (Å²) in [5, 5.41) is 11.0. The Morgan fingerprint density at radius 3 is 2.65 bits per heavy atom. The quantitative estimate of drug-likeness (QED) is 0.671. The molecule has 0 heterocycles. The van der Waals surface area contributed by atoms with Gasteiger partial charge < -0.3 is 9.84 Å². The lowest BCUT2D eigenvalue weighted by atomic mass is 9.72. The van der Waals surface area contributed by atoms with Crippen molar-refractivity contribution in [3.63, 3.8) is 0 Å². The zero-order valence-electron chi connectivity index (χ0n) is 14.6. The number of hydrogen-bond donors (Lipinski definition) is 1. The zero-order valence-corrected chi connectivity index (χ0v) is 14.6. The van der Waals surface area contributed by atoms with Gasteiger partial charge in [0.05, 0.1) is 12.3 Å². The number of ether oxygens (including phenoxy) is 1. The molecular formula is C19H27FO3. The van der Waals surface area contributed by atoms with E-state index in [1.54, 1.807) is 6.07 Å². The van der Waals surface area contributed by atoms with E-state index in [1.165, 1.54) is 12.1 Å². The summed E-state index contributed by atoms with van der Waals surface area (Å²) in [6.07, 6.45) is 1.04. The van der Waals surface area contributed by atoms with Gasteiger partial charge in [-0.2, -0.15) is 0 Å². The second-order valence-corrected chi connectivity index (χ2v) is 8.12. The van der Waals surface area contributed by atoms with E-state index in [9.17, 15) is 14.3 Å². The molecule has 2 atom stereocenters. The van der Waals surface area contributed by atoms with Crippen LogP contribution >= 0.6 is 0 Å². The van der Waals surface area contributed by atoms with Crippen LogP contribution in [0.3, 0.4) is 0 Å². The first-order valence-corrected chi connectivity index (χ1v) is 8.24. The maximum absolute atomic E-state index is 13.5. The molecule has 2 unspecified atom stereocenters. The minimum Gasteiger partial charge on any atom is -0.433 e. The van der Waals surface area contributed by atoms with Gasteiger partial charge in [0.2, 0.25) is 5.79 Å². The molecule has 0 aromatic heterocycles. The van der Waals surface area contributed by atoms with Crippen LogP contribution in [0.4, 0.5) is 4.39 Å². The number of rotatable bonds is 3. The molecule has 0 saturated carbocycles. The van der Waals surface area contributed by atoms with Crippen molar-refractivity contribution in [3.8, 4) is 0 Å². The predicted octanol–water partition coefficient (Wildman–Crippen LogP) is 4.18. The Morgan fingerprint density at radius 2 is 2.09 bits per heavy atom. The highest BCUT2D eigenvalue weighted by molar-refractivity contribution is 5.70. The molecule has 0 bridgehead atoms. The van der Waals surface area contributed by atoms with E-state index < -0.39 is 11.8 Å². The summed E-state index contributed by atoms with van der Waals surface area (Å²) in [5.41, 5.74) is 1.56. The van der Waals surface area contributed by atoms with Crippen molar-refractivity contribution in [1.82, 2.24) is 0 Å². The first-order valence-electron chi connectivity index (χ1n) is 8.24. The number of aryl methyl sites for hydroxylation is 1. The van der Waals surface area contributed by atoms with Gasteiger partial charge in [-0.15, -0.1) is 0 Å². The van der Waals surface area contributed by atoms with Crippen LogP contribution in [0, 0.1) is 17.2 Å². The van der Waals surface area contributed by atoms with E-state index in [-0.39, 0.29) is 29.5 Å². The second kappa shape index (κ2) is 6.23. The molecule has 0 spiro atoms. The molecular weight excluding hydrogens is 295 g/mol. The number of fused-ring (bicyclic) bond motifs is 1. The molecule has 0 saturated heterocycles. The van der Waals surface area contributed by atoms with E-state index in [0.29, 0.717) is 12.8 Å². The van der Waals surface area contributed by atoms with Gasteiger partial charge in [0.1, 0.15) is 5.82 Å². The van der Waals surface area contributed by atoms with Crippen LogP contribution in [0.5, 0.6) is 0 Å². The number of esters is 1. The van der Waals surface area contributed by atoms with Crippen LogP contribution in [0.15, 0.2) is 18.2 Å². The number of halogens is 1. The Morgan fingerprint density at radius 1 is 1.43 bits per heavy atom. The smallest absolute Gasteiger partial charge is 0.308 e. The topological polar surface area (TPSA) is 46.5 Å². The predicted molar refractivity (Wildman–Crippen MR) is 87.4 cm³/mol. The fourth-order valence-corrected chi connectivity index (χ4v) is 3.47. The van der Waals surface area contributed by atoms with Gasteiger partial charge in [0.15, 0.2) is 0 Å². The third kappa shape index (κ3) is 4.11. The van der Waals surface area contributed by atoms with Crippen molar-refractivity contribution in [2.75, 3.05) is 0 Å². The van der Waals surface area contributed by atoms with Crippen LogP contribution in [0.1, 0.15) is 64.5 Å². The van der Waals surface area contributed by atoms with Crippen molar-refractivity contribution < 1.29 is 19.0 Å². The Bertz CT molecular complexity index is 589. The van der Waals surface area contributed by atoms with Gasteiger partial charge in [-0.05, 0) is 41.0 Å². The zero-order chi connectivity index (χ0) is 17.4. The van der Waals surface area contributed by atoms with Crippen LogP contribution in [0.25, 0.3) is 0 Å². The Labute approximate surface area is 137 Å². The highest BCUT2D eigenvalue weighted by atomic mass is 19.1. The SMILES string of the molecule is CC(C)C1c2ccc(F)cc2CCC1(O)OC(=O)CC(C)(C)C. The number of carbonyl (C=O) groups is 1. The fraction of sp³-hybridized carbons (Fsp3) is 0.632. The fourth-order valence-electron chi connectivity index (χ4n) is 3.47. The summed E-state index contributed by atoms with van der Waals surface area (Å²) in [7, 11) is 0. The monoisotopic (exact) mass is 322 g/mol. The summed E-state index contributed by atoms with van der Waals surface area (Å²) in [5.74, 6) is -2.48. The highest BCUT2D eigenvalue weighted by Crippen LogP contribution is 2.45. The van der Waals surface area contributed by atoms with Gasteiger partial charge >= 0.3 is 5.97 Å². The Hall–Kier alpha value is -1.42. The van der Waals surface area contributed by atoms with E-state index in [2.05, 4.69) is 0 Å².